The van der Waals surface area contributed by atoms with Crippen molar-refractivity contribution in [1.29, 1.82) is 5.26 Å². The van der Waals surface area contributed by atoms with Gasteiger partial charge in [-0.1, -0.05) is 35.9 Å². The second-order valence-electron chi connectivity index (χ2n) is 12.2. The quantitative estimate of drug-likeness (QED) is 0.110. The molecule has 1 aliphatic heterocycles. The predicted molar refractivity (Wildman–Crippen MR) is 184 cm³/mol. The number of hydrogen-bond donors (Lipinski definition) is 0. The van der Waals surface area contributed by atoms with E-state index in [4.69, 9.17) is 21.1 Å². The third-order valence-corrected chi connectivity index (χ3v) is 9.22. The fourth-order valence-electron chi connectivity index (χ4n) is 6.31. The highest BCUT2D eigenvalue weighted by molar-refractivity contribution is 6.34. The number of halogens is 6. The molecule has 51 heavy (non-hydrogen) atoms. The third kappa shape index (κ3) is 7.46. The van der Waals surface area contributed by atoms with Crippen LogP contribution in [0.2, 0.25) is 5.02 Å². The van der Waals surface area contributed by atoms with Gasteiger partial charge in [0.05, 0.1) is 42.1 Å². The molecule has 6 rings (SSSR count). The normalized spacial score (nSPS) is 13.7. The molecule has 0 aliphatic carbocycles. The standard InChI is InChI=1S/C37H32ClF5N6O2/c1-21-16-29(49(19-23-4-8-25(50-2)9-5-23)20-24-6-10-26(51-3)11-7-24)45-34(31(21)37(41,42)43)30-28(38)17-27-33(32(30)39)46-36(40)47-35(27)48-14-12-22(18-44)13-15-48/h4-11,16-17,22H,12-15,19-20H2,1-3H3. The molecule has 0 N–H and O–H groups in total. The zero-order valence-electron chi connectivity index (χ0n) is 27.9. The fraction of sp³-hybridized carbons (Fsp3) is 0.297. The van der Waals surface area contributed by atoms with Crippen LogP contribution in [-0.4, -0.2) is 42.3 Å². The summed E-state index contributed by atoms with van der Waals surface area (Å²) in [5.41, 5.74) is -1.76. The summed E-state index contributed by atoms with van der Waals surface area (Å²) in [5, 5.41) is 8.94. The molecule has 3 heterocycles. The maximum atomic E-state index is 16.7. The molecular weight excluding hydrogens is 691 g/mol. The van der Waals surface area contributed by atoms with Gasteiger partial charge in [0.25, 0.3) is 0 Å². The van der Waals surface area contributed by atoms with Crippen molar-refractivity contribution in [1.82, 2.24) is 15.0 Å². The van der Waals surface area contributed by atoms with E-state index in [1.54, 1.807) is 34.1 Å². The monoisotopic (exact) mass is 722 g/mol. The second kappa shape index (κ2) is 14.6. The van der Waals surface area contributed by atoms with E-state index in [0.29, 0.717) is 37.4 Å². The second-order valence-corrected chi connectivity index (χ2v) is 12.6. The molecule has 3 aromatic carbocycles. The van der Waals surface area contributed by atoms with Gasteiger partial charge in [-0.25, -0.2) is 9.37 Å². The van der Waals surface area contributed by atoms with Crippen molar-refractivity contribution in [3.8, 4) is 28.8 Å². The zero-order valence-corrected chi connectivity index (χ0v) is 28.6. The number of methoxy groups -OCH3 is 2. The summed E-state index contributed by atoms with van der Waals surface area (Å²) in [7, 11) is 3.08. The van der Waals surface area contributed by atoms with Crippen LogP contribution >= 0.6 is 11.6 Å². The summed E-state index contributed by atoms with van der Waals surface area (Å²) in [6.45, 7) is 2.37. The molecule has 0 bridgehead atoms. The third-order valence-electron chi connectivity index (χ3n) is 8.92. The van der Waals surface area contributed by atoms with Crippen molar-refractivity contribution in [2.75, 3.05) is 37.1 Å². The summed E-state index contributed by atoms with van der Waals surface area (Å²) in [4.78, 5) is 15.5. The highest BCUT2D eigenvalue weighted by Crippen LogP contribution is 2.45. The SMILES string of the molecule is COc1ccc(CN(Cc2ccc(OC)cc2)c2cc(C)c(C(F)(F)F)c(-c3c(Cl)cc4c(N5CCC(C#N)CC5)nc(F)nc4c3F)n2)cc1. The number of aromatic nitrogens is 3. The van der Waals surface area contributed by atoms with Crippen LogP contribution in [0.15, 0.2) is 60.7 Å². The van der Waals surface area contributed by atoms with E-state index in [1.807, 2.05) is 24.3 Å². The summed E-state index contributed by atoms with van der Waals surface area (Å²) in [6.07, 6.45) is -5.26. The molecule has 264 valence electrons. The summed E-state index contributed by atoms with van der Waals surface area (Å²) in [6, 6.07) is 19.1. The lowest BCUT2D eigenvalue weighted by Crippen LogP contribution is -2.34. The van der Waals surface area contributed by atoms with Crippen molar-refractivity contribution >= 4 is 34.1 Å². The van der Waals surface area contributed by atoms with Crippen LogP contribution in [0.5, 0.6) is 11.5 Å². The topological polar surface area (TPSA) is 87.4 Å². The number of rotatable bonds is 9. The van der Waals surface area contributed by atoms with E-state index in [2.05, 4.69) is 21.0 Å². The van der Waals surface area contributed by atoms with Crippen molar-refractivity contribution < 1.29 is 31.4 Å². The maximum absolute atomic E-state index is 16.7. The van der Waals surface area contributed by atoms with E-state index < -0.39 is 40.4 Å². The van der Waals surface area contributed by atoms with Crippen LogP contribution < -0.4 is 19.3 Å². The van der Waals surface area contributed by atoms with Gasteiger partial charge in [0.15, 0.2) is 5.82 Å². The van der Waals surface area contributed by atoms with Gasteiger partial charge in [-0.3, -0.25) is 0 Å². The first-order valence-electron chi connectivity index (χ1n) is 16.0. The largest absolute Gasteiger partial charge is 0.497 e. The molecule has 1 fully saturated rings. The first-order valence-corrected chi connectivity index (χ1v) is 16.4. The van der Waals surface area contributed by atoms with E-state index in [-0.39, 0.29) is 46.6 Å². The van der Waals surface area contributed by atoms with E-state index in [1.165, 1.54) is 33.3 Å². The number of alkyl halides is 3. The van der Waals surface area contributed by atoms with Crippen molar-refractivity contribution in [3.63, 3.8) is 0 Å². The lowest BCUT2D eigenvalue weighted by molar-refractivity contribution is -0.137. The lowest BCUT2D eigenvalue weighted by Gasteiger charge is -2.31. The Morgan fingerprint density at radius 3 is 1.98 bits per heavy atom. The number of benzene rings is 3. The molecule has 0 saturated carbocycles. The lowest BCUT2D eigenvalue weighted by atomic mass is 9.97. The minimum absolute atomic E-state index is 0.0279. The van der Waals surface area contributed by atoms with E-state index >= 15 is 4.39 Å². The predicted octanol–water partition coefficient (Wildman–Crippen LogP) is 8.91. The van der Waals surface area contributed by atoms with Crippen LogP contribution in [-0.2, 0) is 19.3 Å². The Balaban J connectivity index is 1.51. The average Bonchev–Trinajstić information content (AvgIpc) is 3.11. The number of piperidine rings is 1. The summed E-state index contributed by atoms with van der Waals surface area (Å²) >= 11 is 6.67. The van der Waals surface area contributed by atoms with Gasteiger partial charge in [-0.2, -0.15) is 32.8 Å². The average molecular weight is 723 g/mol. The van der Waals surface area contributed by atoms with Gasteiger partial charge in [0.1, 0.15) is 28.7 Å². The Labute approximate surface area is 296 Å². The summed E-state index contributed by atoms with van der Waals surface area (Å²) < 4.78 is 86.6. The van der Waals surface area contributed by atoms with Gasteiger partial charge in [-0.15, -0.1) is 0 Å². The molecule has 8 nitrogen and oxygen atoms in total. The van der Waals surface area contributed by atoms with Crippen molar-refractivity contribution in [2.24, 2.45) is 5.92 Å². The molecule has 5 aromatic rings. The number of ether oxygens (including phenoxy) is 2. The molecule has 1 aliphatic rings. The number of hydrogen-bond acceptors (Lipinski definition) is 8. The first kappa shape index (κ1) is 35.6. The van der Waals surface area contributed by atoms with Crippen LogP contribution in [0, 0.1) is 36.1 Å². The van der Waals surface area contributed by atoms with Crippen LogP contribution in [0.1, 0.15) is 35.1 Å². The van der Waals surface area contributed by atoms with E-state index in [0.717, 1.165) is 11.1 Å². The van der Waals surface area contributed by atoms with Crippen LogP contribution in [0.3, 0.4) is 0 Å². The van der Waals surface area contributed by atoms with Gasteiger partial charge in [0.2, 0.25) is 0 Å². The maximum Gasteiger partial charge on any atom is 0.418 e. The Hall–Kier alpha value is -5.22. The molecular formula is C37H32ClF5N6O2. The minimum atomic E-state index is -4.96. The molecule has 0 spiro atoms. The number of fused-ring (bicyclic) bond motifs is 1. The molecule has 0 unspecified atom stereocenters. The van der Waals surface area contributed by atoms with Crippen LogP contribution in [0.25, 0.3) is 22.2 Å². The zero-order chi connectivity index (χ0) is 36.4. The number of nitrogens with zero attached hydrogens (tertiary/aromatic N) is 6. The molecule has 0 radical (unpaired) electrons. The van der Waals surface area contributed by atoms with Gasteiger partial charge >= 0.3 is 12.3 Å². The fourth-order valence-corrected chi connectivity index (χ4v) is 6.59. The smallest absolute Gasteiger partial charge is 0.418 e. The van der Waals surface area contributed by atoms with Gasteiger partial charge in [0, 0.05) is 37.5 Å². The van der Waals surface area contributed by atoms with Crippen LogP contribution in [0.4, 0.5) is 33.6 Å². The molecule has 1 saturated heterocycles. The first-order chi connectivity index (χ1) is 24.4. The van der Waals surface area contributed by atoms with Gasteiger partial charge in [-0.05, 0) is 72.9 Å². The number of aryl methyl sites for hydroxylation is 1. The van der Waals surface area contributed by atoms with E-state index in [9.17, 15) is 22.8 Å². The number of anilines is 2. The molecule has 0 atom stereocenters. The Kier molecular flexibility index (Phi) is 10.2. The van der Waals surface area contributed by atoms with Crippen molar-refractivity contribution in [3.05, 3.63) is 99.8 Å². The Bertz CT molecular complexity index is 2050. The minimum Gasteiger partial charge on any atom is -0.497 e. The Morgan fingerprint density at radius 2 is 1.47 bits per heavy atom. The highest BCUT2D eigenvalue weighted by Gasteiger charge is 2.39. The number of pyridine rings is 1. The molecule has 2 aromatic heterocycles. The molecule has 14 heteroatoms. The Morgan fingerprint density at radius 1 is 0.902 bits per heavy atom. The molecule has 0 amide bonds. The van der Waals surface area contributed by atoms with Crippen molar-refractivity contribution in [2.45, 2.75) is 39.0 Å². The summed E-state index contributed by atoms with van der Waals surface area (Å²) in [5.74, 6) is -0.0423. The number of nitriles is 1. The van der Waals surface area contributed by atoms with Gasteiger partial charge < -0.3 is 19.3 Å². The highest BCUT2D eigenvalue weighted by atomic mass is 35.5.